The third kappa shape index (κ3) is 11.3. The van der Waals surface area contributed by atoms with Crippen LogP contribution in [0.4, 0.5) is 0 Å². The Hall–Kier alpha value is -3.12. The van der Waals surface area contributed by atoms with E-state index in [-0.39, 0.29) is 44.6 Å². The van der Waals surface area contributed by atoms with E-state index in [0.29, 0.717) is 0 Å². The molecule has 2 aromatic carbocycles. The van der Waals surface area contributed by atoms with Crippen LogP contribution in [-0.4, -0.2) is 77.8 Å². The molecule has 0 saturated carbocycles. The molecule has 2 rings (SSSR count). The molecule has 17 heteroatoms. The highest BCUT2D eigenvalue weighted by Crippen LogP contribution is 2.17. The first-order chi connectivity index (χ1) is 19.4. The highest BCUT2D eigenvalue weighted by molar-refractivity contribution is 8.16. The topological polar surface area (TPSA) is 173 Å². The Kier molecular flexibility index (Phi) is 13.6. The van der Waals surface area contributed by atoms with Gasteiger partial charge >= 0.3 is 32.2 Å². The Balaban J connectivity index is 1.86. The third-order valence-electron chi connectivity index (χ3n) is 4.71. The van der Waals surface area contributed by atoms with Crippen molar-refractivity contribution < 1.29 is 49.2 Å². The fourth-order valence-corrected chi connectivity index (χ4v) is 5.50. The van der Waals surface area contributed by atoms with Crippen LogP contribution in [0, 0.1) is 13.8 Å². The summed E-state index contributed by atoms with van der Waals surface area (Å²) in [5, 5.41) is 6.21. The average molecular weight is 649 g/mol. The summed E-state index contributed by atoms with van der Waals surface area (Å²) in [6, 6.07) is 11.8. The molecule has 224 valence electrons. The standard InChI is InChI=1S/C24H28N2O11S4/c1-17-5-9-19(10-6-17)40(29,30)36-25-21(23(27)33-3)38-15-13-35-14-16-39-22(24(28)34-4)26-37-41(31,32)20-11-7-18(2)8-12-20/h5-12H,13-16H2,1-4H3/b25-21-,26-22-. The third-order valence-corrected chi connectivity index (χ3v) is 8.72. The number of rotatable bonds is 12. The van der Waals surface area contributed by atoms with Gasteiger partial charge in [0.1, 0.15) is 9.79 Å². The van der Waals surface area contributed by atoms with E-state index in [1.165, 1.54) is 24.3 Å². The number of ether oxygens (including phenoxy) is 3. The minimum atomic E-state index is -4.25. The second-order valence-electron chi connectivity index (χ2n) is 7.77. The highest BCUT2D eigenvalue weighted by Gasteiger charge is 2.21. The van der Waals surface area contributed by atoms with Gasteiger partial charge in [-0.25, -0.2) is 9.59 Å². The molecule has 0 amide bonds. The first-order valence-corrected chi connectivity index (χ1v) is 16.3. The molecule has 0 fully saturated rings. The summed E-state index contributed by atoms with van der Waals surface area (Å²) < 4.78 is 73.2. The molecular formula is C24H28N2O11S4. The normalized spacial score (nSPS) is 12.5. The summed E-state index contributed by atoms with van der Waals surface area (Å²) in [6.07, 6.45) is 0. The molecule has 0 unspecified atom stereocenters. The van der Waals surface area contributed by atoms with Crippen LogP contribution in [0.15, 0.2) is 68.6 Å². The van der Waals surface area contributed by atoms with Crippen molar-refractivity contribution in [3.05, 3.63) is 59.7 Å². The fourth-order valence-electron chi connectivity index (χ4n) is 2.58. The largest absolute Gasteiger partial charge is 0.464 e. The van der Waals surface area contributed by atoms with Crippen LogP contribution in [0.3, 0.4) is 0 Å². The van der Waals surface area contributed by atoms with E-state index in [9.17, 15) is 26.4 Å². The molecule has 0 saturated heterocycles. The van der Waals surface area contributed by atoms with Gasteiger partial charge in [-0.2, -0.15) is 16.8 Å². The van der Waals surface area contributed by atoms with Crippen LogP contribution < -0.4 is 0 Å². The van der Waals surface area contributed by atoms with Crippen molar-refractivity contribution in [1.29, 1.82) is 0 Å². The zero-order valence-electron chi connectivity index (χ0n) is 22.5. The number of benzene rings is 2. The smallest absolute Gasteiger partial charge is 0.366 e. The first kappa shape index (κ1) is 34.1. The number of thioether (sulfide) groups is 2. The van der Waals surface area contributed by atoms with Crippen LogP contribution in [0.5, 0.6) is 0 Å². The van der Waals surface area contributed by atoms with E-state index in [1.807, 2.05) is 0 Å². The Morgan fingerprint density at radius 3 is 1.32 bits per heavy atom. The first-order valence-electron chi connectivity index (χ1n) is 11.6. The predicted octanol–water partition coefficient (Wildman–Crippen LogP) is 2.87. The number of esters is 2. The Morgan fingerprint density at radius 1 is 0.659 bits per heavy atom. The second kappa shape index (κ2) is 16.4. The van der Waals surface area contributed by atoms with E-state index < -0.39 is 32.2 Å². The quantitative estimate of drug-likeness (QED) is 0.108. The van der Waals surface area contributed by atoms with E-state index in [1.54, 1.807) is 38.1 Å². The molecule has 0 aliphatic heterocycles. The van der Waals surface area contributed by atoms with Gasteiger partial charge in [0.15, 0.2) is 0 Å². The SMILES string of the molecule is COC(=O)/C(=N/OS(=O)(=O)c1ccc(C)cc1)SCCOCCS/C(=N\OS(=O)(=O)c1ccc(C)cc1)C(=O)OC. The molecule has 2 aromatic rings. The Morgan fingerprint density at radius 2 is 1.00 bits per heavy atom. The Bertz CT molecular complexity index is 1340. The zero-order chi connectivity index (χ0) is 30.5. The molecule has 0 N–H and O–H groups in total. The lowest BCUT2D eigenvalue weighted by atomic mass is 10.2. The van der Waals surface area contributed by atoms with Gasteiger partial charge in [-0.3, -0.25) is 8.57 Å². The van der Waals surface area contributed by atoms with Gasteiger partial charge in [-0.15, -0.1) is 0 Å². The van der Waals surface area contributed by atoms with E-state index >= 15 is 0 Å². The molecule has 41 heavy (non-hydrogen) atoms. The minimum Gasteiger partial charge on any atom is -0.464 e. The van der Waals surface area contributed by atoms with Gasteiger partial charge in [-0.05, 0) is 38.1 Å². The number of carbonyl (C=O) groups excluding carboxylic acids is 2. The number of aryl methyl sites for hydroxylation is 2. The predicted molar refractivity (Wildman–Crippen MR) is 154 cm³/mol. The lowest BCUT2D eigenvalue weighted by Gasteiger charge is -2.07. The number of hydrogen-bond acceptors (Lipinski definition) is 15. The van der Waals surface area contributed by atoms with Crippen molar-refractivity contribution in [3.8, 4) is 0 Å². The summed E-state index contributed by atoms with van der Waals surface area (Å²) in [5.74, 6) is -1.46. The minimum absolute atomic E-state index is 0.0922. The molecular weight excluding hydrogens is 621 g/mol. The van der Waals surface area contributed by atoms with E-state index in [0.717, 1.165) is 48.9 Å². The monoisotopic (exact) mass is 648 g/mol. The van der Waals surface area contributed by atoms with Crippen molar-refractivity contribution >= 4 is 65.8 Å². The van der Waals surface area contributed by atoms with Crippen molar-refractivity contribution in [1.82, 2.24) is 0 Å². The number of hydrogen-bond donors (Lipinski definition) is 0. The maximum atomic E-state index is 12.3. The Labute approximate surface area is 246 Å². The highest BCUT2D eigenvalue weighted by atomic mass is 32.2. The number of oxime groups is 2. The number of carbonyl (C=O) groups is 2. The van der Waals surface area contributed by atoms with Crippen LogP contribution in [0.25, 0.3) is 0 Å². The maximum Gasteiger partial charge on any atom is 0.366 e. The molecule has 0 aromatic heterocycles. The lowest BCUT2D eigenvalue weighted by molar-refractivity contribution is -0.133. The summed E-state index contributed by atoms with van der Waals surface area (Å²) in [7, 11) is -6.27. The number of nitrogens with zero attached hydrogens (tertiary/aromatic N) is 2. The van der Waals surface area contributed by atoms with Gasteiger partial charge in [0.05, 0.1) is 27.4 Å². The van der Waals surface area contributed by atoms with Crippen LogP contribution in [-0.2, 0) is 52.6 Å². The van der Waals surface area contributed by atoms with Gasteiger partial charge < -0.3 is 14.2 Å². The van der Waals surface area contributed by atoms with Gasteiger partial charge in [0, 0.05) is 11.5 Å². The molecule has 0 heterocycles. The zero-order valence-corrected chi connectivity index (χ0v) is 25.7. The molecule has 0 radical (unpaired) electrons. The van der Waals surface area contributed by atoms with Crippen LogP contribution in [0.1, 0.15) is 11.1 Å². The van der Waals surface area contributed by atoms with E-state index in [2.05, 4.69) is 28.4 Å². The maximum absolute atomic E-state index is 12.3. The van der Waals surface area contributed by atoms with Gasteiger partial charge in [0.2, 0.25) is 10.1 Å². The molecule has 0 aliphatic rings. The van der Waals surface area contributed by atoms with Crippen molar-refractivity contribution in [3.63, 3.8) is 0 Å². The van der Waals surface area contributed by atoms with Gasteiger partial charge in [-0.1, -0.05) is 69.2 Å². The summed E-state index contributed by atoms with van der Waals surface area (Å²) in [4.78, 5) is 23.7. The van der Waals surface area contributed by atoms with Gasteiger partial charge in [0.25, 0.3) is 0 Å². The summed E-state index contributed by atoms with van der Waals surface area (Å²) in [5.41, 5.74) is 1.70. The molecule has 0 aliphatic carbocycles. The lowest BCUT2D eigenvalue weighted by Crippen LogP contribution is -2.17. The van der Waals surface area contributed by atoms with Crippen molar-refractivity contribution in [2.75, 3.05) is 38.9 Å². The molecule has 0 atom stereocenters. The van der Waals surface area contributed by atoms with Crippen LogP contribution in [0.2, 0.25) is 0 Å². The van der Waals surface area contributed by atoms with Crippen LogP contribution >= 0.6 is 23.5 Å². The average Bonchev–Trinajstić information content (AvgIpc) is 2.95. The summed E-state index contributed by atoms with van der Waals surface area (Å²) in [6.45, 7) is 3.77. The molecule has 0 bridgehead atoms. The summed E-state index contributed by atoms with van der Waals surface area (Å²) >= 11 is 1.69. The molecule has 13 nitrogen and oxygen atoms in total. The fraction of sp³-hybridized carbons (Fsp3) is 0.333. The van der Waals surface area contributed by atoms with Crippen molar-refractivity contribution in [2.24, 2.45) is 10.3 Å². The van der Waals surface area contributed by atoms with E-state index in [4.69, 9.17) is 4.74 Å². The van der Waals surface area contributed by atoms with Crippen molar-refractivity contribution in [2.45, 2.75) is 23.6 Å². The molecule has 0 spiro atoms. The second-order valence-corrected chi connectivity index (χ2v) is 13.0. The number of methoxy groups -OCH3 is 2.